The van der Waals surface area contributed by atoms with Crippen LogP contribution in [-0.4, -0.2) is 22.2 Å². The highest BCUT2D eigenvalue weighted by Crippen LogP contribution is 2.41. The lowest BCUT2D eigenvalue weighted by atomic mass is 10.1. The summed E-state index contributed by atoms with van der Waals surface area (Å²) in [6, 6.07) is 2.86. The van der Waals surface area contributed by atoms with E-state index in [-0.39, 0.29) is 18.1 Å². The van der Waals surface area contributed by atoms with Gasteiger partial charge in [0.2, 0.25) is 0 Å². The Hall–Kier alpha value is -1.86. The fraction of sp³-hybridized carbons (Fsp3) is 0.529. The van der Waals surface area contributed by atoms with Crippen LogP contribution in [0.3, 0.4) is 0 Å². The van der Waals surface area contributed by atoms with E-state index in [0.717, 1.165) is 5.69 Å². The van der Waals surface area contributed by atoms with Crippen molar-refractivity contribution in [1.82, 2.24) is 15.6 Å². The van der Waals surface area contributed by atoms with Crippen LogP contribution in [0.4, 0.5) is 4.79 Å². The van der Waals surface area contributed by atoms with Crippen molar-refractivity contribution in [2.45, 2.75) is 57.2 Å². The third kappa shape index (κ3) is 4.36. The van der Waals surface area contributed by atoms with E-state index in [1.165, 1.54) is 24.1 Å². The van der Waals surface area contributed by atoms with Crippen molar-refractivity contribution in [1.29, 1.82) is 0 Å². The molecule has 3 atom stereocenters. The van der Waals surface area contributed by atoms with Gasteiger partial charge in [-0.05, 0) is 38.8 Å². The van der Waals surface area contributed by atoms with Crippen LogP contribution in [0, 0.1) is 0 Å². The Morgan fingerprint density at radius 1 is 1.46 bits per heavy atom. The average molecular weight is 349 g/mol. The molecule has 0 unspecified atom stereocenters. The second kappa shape index (κ2) is 7.36. The highest BCUT2D eigenvalue weighted by atomic mass is 32.1. The predicted octanol–water partition coefficient (Wildman–Crippen LogP) is 3.49. The number of aliphatic hydroxyl groups excluding tert-OH is 1. The summed E-state index contributed by atoms with van der Waals surface area (Å²) in [6.45, 7) is 3.78. The van der Waals surface area contributed by atoms with Crippen LogP contribution in [0.15, 0.2) is 28.2 Å². The zero-order valence-corrected chi connectivity index (χ0v) is 14.7. The van der Waals surface area contributed by atoms with Gasteiger partial charge >= 0.3 is 6.03 Å². The van der Waals surface area contributed by atoms with Gasteiger partial charge in [0.25, 0.3) is 0 Å². The molecule has 7 heteroatoms. The number of hydrogen-bond donors (Lipinski definition) is 3. The summed E-state index contributed by atoms with van der Waals surface area (Å²) in [6.07, 6.45) is 3.63. The molecule has 24 heavy (non-hydrogen) atoms. The van der Waals surface area contributed by atoms with E-state index in [2.05, 4.69) is 15.6 Å². The minimum atomic E-state index is -0.729. The van der Waals surface area contributed by atoms with Crippen molar-refractivity contribution >= 4 is 17.4 Å². The fourth-order valence-electron chi connectivity index (χ4n) is 2.54. The van der Waals surface area contributed by atoms with Crippen molar-refractivity contribution in [2.75, 3.05) is 0 Å². The van der Waals surface area contributed by atoms with Crippen LogP contribution in [0.2, 0.25) is 0 Å². The number of hydrogen-bond acceptors (Lipinski definition) is 5. The number of furan rings is 1. The van der Waals surface area contributed by atoms with Crippen LogP contribution in [-0.2, 0) is 0 Å². The second-order valence-electron chi connectivity index (χ2n) is 6.39. The van der Waals surface area contributed by atoms with Gasteiger partial charge in [0.05, 0.1) is 23.0 Å². The number of amides is 2. The van der Waals surface area contributed by atoms with E-state index in [0.29, 0.717) is 18.1 Å². The Morgan fingerprint density at radius 2 is 2.25 bits per heavy atom. The van der Waals surface area contributed by atoms with Gasteiger partial charge in [0.1, 0.15) is 11.9 Å². The smallest absolute Gasteiger partial charge is 0.315 e. The van der Waals surface area contributed by atoms with Crippen molar-refractivity contribution < 1.29 is 14.3 Å². The monoisotopic (exact) mass is 349 g/mol. The molecular formula is C17H23N3O3S. The molecule has 0 radical (unpaired) electrons. The maximum Gasteiger partial charge on any atom is 0.315 e. The van der Waals surface area contributed by atoms with Crippen LogP contribution in [0.5, 0.6) is 0 Å². The quantitative estimate of drug-likeness (QED) is 0.714. The normalized spacial score (nSPS) is 18.0. The molecule has 2 aromatic rings. The van der Waals surface area contributed by atoms with Crippen molar-refractivity contribution in [3.05, 3.63) is 40.2 Å². The summed E-state index contributed by atoms with van der Waals surface area (Å²) in [7, 11) is 0. The number of aromatic nitrogens is 1. The molecule has 2 amide bonds. The van der Waals surface area contributed by atoms with Gasteiger partial charge in [-0.15, -0.1) is 11.3 Å². The first-order valence-corrected chi connectivity index (χ1v) is 9.14. The zero-order chi connectivity index (χ0) is 17.1. The number of thiazole rings is 1. The molecule has 1 saturated carbocycles. The van der Waals surface area contributed by atoms with E-state index >= 15 is 0 Å². The molecule has 1 aliphatic rings. The molecule has 0 aliphatic heterocycles. The molecule has 130 valence electrons. The summed E-state index contributed by atoms with van der Waals surface area (Å²) in [5.41, 5.74) is 0.903. The summed E-state index contributed by atoms with van der Waals surface area (Å²) < 4.78 is 5.16. The SMILES string of the molecule is C[C@H](C[C@@H](O)c1ccco1)NC(=O)N[C@@H](C)c1csc(C2CC2)n1. The molecule has 3 rings (SSSR count). The molecular weight excluding hydrogens is 326 g/mol. The van der Waals surface area contributed by atoms with Crippen LogP contribution < -0.4 is 10.6 Å². The van der Waals surface area contributed by atoms with Gasteiger partial charge in [-0.2, -0.15) is 0 Å². The van der Waals surface area contributed by atoms with Crippen molar-refractivity contribution in [3.63, 3.8) is 0 Å². The van der Waals surface area contributed by atoms with Gasteiger partial charge < -0.3 is 20.2 Å². The van der Waals surface area contributed by atoms with Crippen molar-refractivity contribution in [3.8, 4) is 0 Å². The summed E-state index contributed by atoms with van der Waals surface area (Å²) in [5.74, 6) is 1.14. The molecule has 0 aromatic carbocycles. The third-order valence-corrected chi connectivity index (χ3v) is 5.11. The molecule has 6 nitrogen and oxygen atoms in total. The Morgan fingerprint density at radius 3 is 2.92 bits per heavy atom. The van der Waals surface area contributed by atoms with Crippen LogP contribution in [0.1, 0.15) is 67.6 Å². The lowest BCUT2D eigenvalue weighted by molar-refractivity contribution is 0.129. The highest BCUT2D eigenvalue weighted by molar-refractivity contribution is 7.09. The third-order valence-electron chi connectivity index (χ3n) is 4.08. The van der Waals surface area contributed by atoms with Crippen LogP contribution >= 0.6 is 11.3 Å². The number of nitrogens with zero attached hydrogens (tertiary/aromatic N) is 1. The highest BCUT2D eigenvalue weighted by Gasteiger charge is 2.27. The maximum atomic E-state index is 12.1. The van der Waals surface area contributed by atoms with Crippen molar-refractivity contribution in [2.24, 2.45) is 0 Å². The number of urea groups is 1. The Bertz CT molecular complexity index is 666. The van der Waals surface area contributed by atoms with Gasteiger partial charge in [0.15, 0.2) is 0 Å². The van der Waals surface area contributed by atoms with Gasteiger partial charge in [-0.3, -0.25) is 0 Å². The topological polar surface area (TPSA) is 87.4 Å². The lowest BCUT2D eigenvalue weighted by Crippen LogP contribution is -2.42. The molecule has 2 heterocycles. The predicted molar refractivity (Wildman–Crippen MR) is 91.9 cm³/mol. The number of rotatable bonds is 7. The molecule has 1 fully saturated rings. The first-order valence-electron chi connectivity index (χ1n) is 8.26. The summed E-state index contributed by atoms with van der Waals surface area (Å²) in [5, 5.41) is 19.0. The lowest BCUT2D eigenvalue weighted by Gasteiger charge is -2.19. The average Bonchev–Trinajstić information content (AvgIpc) is 3.04. The number of nitrogens with one attached hydrogen (secondary N) is 2. The first-order chi connectivity index (χ1) is 11.5. The van der Waals surface area contributed by atoms with Gasteiger partial charge in [-0.1, -0.05) is 0 Å². The molecule has 2 aromatic heterocycles. The van der Waals surface area contributed by atoms with E-state index < -0.39 is 6.10 Å². The Labute approximate surface area is 145 Å². The number of carbonyl (C=O) groups is 1. The van der Waals surface area contributed by atoms with Crippen LogP contribution in [0.25, 0.3) is 0 Å². The molecule has 0 bridgehead atoms. The van der Waals surface area contributed by atoms with E-state index in [1.807, 2.05) is 19.2 Å². The molecule has 3 N–H and O–H groups in total. The van der Waals surface area contributed by atoms with E-state index in [9.17, 15) is 9.90 Å². The van der Waals surface area contributed by atoms with E-state index in [1.54, 1.807) is 23.5 Å². The molecule has 1 aliphatic carbocycles. The summed E-state index contributed by atoms with van der Waals surface area (Å²) in [4.78, 5) is 16.7. The minimum absolute atomic E-state index is 0.143. The largest absolute Gasteiger partial charge is 0.467 e. The van der Waals surface area contributed by atoms with Gasteiger partial charge in [0, 0.05) is 23.8 Å². The second-order valence-corrected chi connectivity index (χ2v) is 7.28. The Kier molecular flexibility index (Phi) is 5.20. The van der Waals surface area contributed by atoms with E-state index in [4.69, 9.17) is 4.42 Å². The first kappa shape index (κ1) is 17.0. The Balaban J connectivity index is 1.45. The molecule has 0 saturated heterocycles. The molecule has 0 spiro atoms. The standard InChI is InChI=1S/C17H23N3O3S/c1-10(8-14(21)15-4-3-7-23-15)18-17(22)19-11(2)13-9-24-16(20-13)12-5-6-12/h3-4,7,9-12,14,21H,5-6,8H2,1-2H3,(H2,18,19,22)/t10-,11+,14-/m1/s1. The number of aliphatic hydroxyl groups is 1. The fourth-order valence-corrected chi connectivity index (χ4v) is 3.63. The van der Waals surface area contributed by atoms with Gasteiger partial charge in [-0.25, -0.2) is 9.78 Å². The zero-order valence-electron chi connectivity index (χ0n) is 13.9. The summed E-state index contributed by atoms with van der Waals surface area (Å²) >= 11 is 1.67. The minimum Gasteiger partial charge on any atom is -0.467 e. The maximum absolute atomic E-state index is 12.1. The number of carbonyl (C=O) groups excluding carboxylic acids is 1.